The van der Waals surface area contributed by atoms with Gasteiger partial charge >= 0.3 is 0 Å². The lowest BCUT2D eigenvalue weighted by Gasteiger charge is -2.14. The molecule has 3 aromatic heterocycles. The molecule has 13 aromatic rings. The van der Waals surface area contributed by atoms with E-state index < -0.39 is 0 Å². The van der Waals surface area contributed by atoms with Crippen molar-refractivity contribution in [1.29, 1.82) is 0 Å². The monoisotopic (exact) mass is 736 g/mol. The highest BCUT2D eigenvalue weighted by molar-refractivity contribution is 6.22. The molecule has 0 unspecified atom stereocenters. The van der Waals surface area contributed by atoms with Crippen molar-refractivity contribution in [3.05, 3.63) is 194 Å². The van der Waals surface area contributed by atoms with E-state index in [1.54, 1.807) is 0 Å². The van der Waals surface area contributed by atoms with Gasteiger partial charge in [-0.3, -0.25) is 4.57 Å². The Labute approximate surface area is 332 Å². The van der Waals surface area contributed by atoms with Gasteiger partial charge in [-0.1, -0.05) is 140 Å². The highest BCUT2D eigenvalue weighted by Gasteiger charge is 2.21. The maximum atomic E-state index is 5.46. The Hall–Kier alpha value is -7.82. The van der Waals surface area contributed by atoms with Crippen LogP contribution in [0, 0.1) is 0 Å². The van der Waals surface area contributed by atoms with Crippen molar-refractivity contribution in [1.82, 2.24) is 19.1 Å². The van der Waals surface area contributed by atoms with Gasteiger partial charge in [-0.05, 0) is 92.3 Å². The fourth-order valence-corrected chi connectivity index (χ4v) is 9.66. The molecule has 0 amide bonds. The van der Waals surface area contributed by atoms with Crippen LogP contribution in [0.25, 0.3) is 120 Å². The van der Waals surface area contributed by atoms with Gasteiger partial charge in [0.2, 0.25) is 0 Å². The van der Waals surface area contributed by atoms with Crippen LogP contribution in [0.2, 0.25) is 0 Å². The van der Waals surface area contributed by atoms with E-state index >= 15 is 0 Å². The van der Waals surface area contributed by atoms with E-state index in [4.69, 9.17) is 9.97 Å². The number of para-hydroxylation sites is 3. The third kappa shape index (κ3) is 4.40. The Morgan fingerprint density at radius 3 is 1.79 bits per heavy atom. The Kier molecular flexibility index (Phi) is 6.41. The number of rotatable bonds is 3. The van der Waals surface area contributed by atoms with Gasteiger partial charge in [0.1, 0.15) is 5.82 Å². The lowest BCUT2D eigenvalue weighted by atomic mass is 10.00. The largest absolute Gasteiger partial charge is 0.309 e. The van der Waals surface area contributed by atoms with Crippen molar-refractivity contribution >= 4 is 97.6 Å². The van der Waals surface area contributed by atoms with Gasteiger partial charge in [0.05, 0.1) is 33.3 Å². The second-order valence-electron chi connectivity index (χ2n) is 15.4. The van der Waals surface area contributed by atoms with Crippen molar-refractivity contribution in [2.75, 3.05) is 0 Å². The van der Waals surface area contributed by atoms with Gasteiger partial charge in [0.25, 0.3) is 0 Å². The molecule has 13 rings (SSSR count). The molecule has 4 nitrogen and oxygen atoms in total. The highest BCUT2D eigenvalue weighted by atomic mass is 15.1. The number of hydrogen-bond donors (Lipinski definition) is 0. The Morgan fingerprint density at radius 2 is 0.931 bits per heavy atom. The lowest BCUT2D eigenvalue weighted by Crippen LogP contribution is -2.03. The molecule has 0 aliphatic rings. The summed E-state index contributed by atoms with van der Waals surface area (Å²) in [7, 11) is 0. The number of hydrogen-bond acceptors (Lipinski definition) is 2. The summed E-state index contributed by atoms with van der Waals surface area (Å²) in [5, 5.41) is 15.7. The van der Waals surface area contributed by atoms with E-state index in [1.165, 1.54) is 75.7 Å². The fraction of sp³-hybridized carbons (Fsp3) is 0. The van der Waals surface area contributed by atoms with Crippen LogP contribution in [0.3, 0.4) is 0 Å². The molecule has 10 aromatic carbocycles. The van der Waals surface area contributed by atoms with Gasteiger partial charge in [-0.15, -0.1) is 0 Å². The normalized spacial score (nSPS) is 12.1. The van der Waals surface area contributed by atoms with Gasteiger partial charge in [0, 0.05) is 37.9 Å². The van der Waals surface area contributed by atoms with Gasteiger partial charge < -0.3 is 4.57 Å². The molecule has 0 saturated carbocycles. The minimum absolute atomic E-state index is 0.705. The van der Waals surface area contributed by atoms with Crippen LogP contribution in [-0.4, -0.2) is 19.1 Å². The van der Waals surface area contributed by atoms with Crippen LogP contribution in [-0.2, 0) is 0 Å². The molecule has 3 heterocycles. The van der Waals surface area contributed by atoms with Crippen molar-refractivity contribution in [2.24, 2.45) is 0 Å². The Morgan fingerprint density at radius 1 is 0.310 bits per heavy atom. The molecule has 0 atom stereocenters. The third-order valence-electron chi connectivity index (χ3n) is 12.3. The summed E-state index contributed by atoms with van der Waals surface area (Å²) in [6.07, 6.45) is 0. The molecule has 0 aliphatic heterocycles. The first-order valence-electron chi connectivity index (χ1n) is 19.8. The first-order chi connectivity index (χ1) is 28.8. The van der Waals surface area contributed by atoms with Crippen LogP contribution in [0.5, 0.6) is 0 Å². The number of benzene rings is 10. The second-order valence-corrected chi connectivity index (χ2v) is 15.4. The smallest absolute Gasteiger partial charge is 0.162 e. The second kappa shape index (κ2) is 11.8. The summed E-state index contributed by atoms with van der Waals surface area (Å²) < 4.78 is 4.81. The van der Waals surface area contributed by atoms with Crippen LogP contribution in [0.1, 0.15) is 0 Å². The average Bonchev–Trinajstić information content (AvgIpc) is 3.80. The predicted molar refractivity (Wildman–Crippen MR) is 244 cm³/mol. The van der Waals surface area contributed by atoms with Crippen molar-refractivity contribution < 1.29 is 0 Å². The summed E-state index contributed by atoms with van der Waals surface area (Å²) in [6, 6.07) is 70.3. The molecule has 0 N–H and O–H groups in total. The molecule has 0 bridgehead atoms. The zero-order valence-corrected chi connectivity index (χ0v) is 31.3. The van der Waals surface area contributed by atoms with E-state index in [2.05, 4.69) is 203 Å². The minimum atomic E-state index is 0.705. The van der Waals surface area contributed by atoms with Crippen LogP contribution < -0.4 is 0 Å². The Balaban J connectivity index is 1.08. The van der Waals surface area contributed by atoms with Crippen LogP contribution >= 0.6 is 0 Å². The molecule has 0 aliphatic carbocycles. The number of fused-ring (bicyclic) bond motifs is 13. The zero-order chi connectivity index (χ0) is 37.9. The van der Waals surface area contributed by atoms with E-state index in [9.17, 15) is 0 Å². The molecule has 268 valence electrons. The number of nitrogens with zero attached hydrogens (tertiary/aromatic N) is 4. The predicted octanol–water partition coefficient (Wildman–Crippen LogP) is 14.1. The lowest BCUT2D eigenvalue weighted by molar-refractivity contribution is 1.08. The fourth-order valence-electron chi connectivity index (χ4n) is 9.66. The summed E-state index contributed by atoms with van der Waals surface area (Å²) in [5.74, 6) is 1.58. The molecular weight excluding hydrogens is 705 g/mol. The van der Waals surface area contributed by atoms with Crippen LogP contribution in [0.4, 0.5) is 0 Å². The molecular formula is C54H32N4. The van der Waals surface area contributed by atoms with E-state index in [0.717, 1.165) is 39.0 Å². The maximum absolute atomic E-state index is 5.46. The first-order valence-corrected chi connectivity index (χ1v) is 19.8. The maximum Gasteiger partial charge on any atom is 0.162 e. The van der Waals surface area contributed by atoms with Crippen molar-refractivity contribution in [3.63, 3.8) is 0 Å². The zero-order valence-electron chi connectivity index (χ0n) is 31.3. The number of aromatic nitrogens is 4. The highest BCUT2D eigenvalue weighted by Crippen LogP contribution is 2.42. The van der Waals surface area contributed by atoms with E-state index in [0.29, 0.717) is 5.82 Å². The molecule has 0 saturated heterocycles. The van der Waals surface area contributed by atoms with Gasteiger partial charge in [-0.2, -0.15) is 0 Å². The first kappa shape index (κ1) is 31.4. The molecule has 4 heteroatoms. The van der Waals surface area contributed by atoms with Gasteiger partial charge in [0.15, 0.2) is 5.82 Å². The van der Waals surface area contributed by atoms with Crippen molar-refractivity contribution in [2.45, 2.75) is 0 Å². The third-order valence-corrected chi connectivity index (χ3v) is 12.3. The summed E-state index contributed by atoms with van der Waals surface area (Å²) in [6.45, 7) is 0. The summed E-state index contributed by atoms with van der Waals surface area (Å²) in [5.41, 5.74) is 7.69. The van der Waals surface area contributed by atoms with Crippen molar-refractivity contribution in [3.8, 4) is 22.9 Å². The molecule has 0 radical (unpaired) electrons. The van der Waals surface area contributed by atoms with Crippen LogP contribution in [0.15, 0.2) is 194 Å². The van der Waals surface area contributed by atoms with E-state index in [-0.39, 0.29) is 0 Å². The molecule has 58 heavy (non-hydrogen) atoms. The SMILES string of the molecule is c1cc(-n2c3ccccc3c3c4ccccc4ccc32)c2cc3c4ccccc4n(-c4nc(-c5ccc6c(ccc7ccccc76)c5)nc5ccccc45)c3cc2c1. The quantitative estimate of drug-likeness (QED) is 0.169. The minimum Gasteiger partial charge on any atom is -0.309 e. The summed E-state index contributed by atoms with van der Waals surface area (Å²) in [4.78, 5) is 10.6. The summed E-state index contributed by atoms with van der Waals surface area (Å²) >= 11 is 0. The topological polar surface area (TPSA) is 35.6 Å². The van der Waals surface area contributed by atoms with Gasteiger partial charge in [-0.25, -0.2) is 9.97 Å². The van der Waals surface area contributed by atoms with E-state index in [1.807, 2.05) is 0 Å². The Bertz CT molecular complexity index is 3870. The standard InChI is InChI=1S/C54H32N4/c1-3-15-38-33(12-1)24-25-36-30-37(26-28-39(36)38)53-55-46-20-8-5-18-42(46)54(56-53)58-47-21-9-6-17-41(47)45-32-44-35(31-51(45)58)14-11-23-49(44)57-48-22-10-7-19-43(48)52-40-16-4-2-13-34(40)27-29-50(52)57/h1-32H. The molecule has 0 spiro atoms. The average molecular weight is 737 g/mol. The molecule has 0 fully saturated rings.